The molecule has 1 aliphatic carbocycles. The van der Waals surface area contributed by atoms with Gasteiger partial charge in [0.25, 0.3) is 0 Å². The molecule has 3 aliphatic rings. The monoisotopic (exact) mass is 559 g/mol. The second-order valence-electron chi connectivity index (χ2n) is 10.8. The molecule has 1 aromatic carbocycles. The lowest BCUT2D eigenvalue weighted by Crippen LogP contribution is -2.46. The summed E-state index contributed by atoms with van der Waals surface area (Å²) in [7, 11) is 0. The number of anilines is 1. The number of amides is 1. The van der Waals surface area contributed by atoms with Gasteiger partial charge >= 0.3 is 11.9 Å². The van der Waals surface area contributed by atoms with Crippen LogP contribution in [-0.2, 0) is 14.4 Å². The van der Waals surface area contributed by atoms with E-state index in [-0.39, 0.29) is 11.2 Å². The number of carboxylic acids is 2. The minimum absolute atomic E-state index is 0.00728. The van der Waals surface area contributed by atoms with Crippen LogP contribution in [0.5, 0.6) is 0 Å². The van der Waals surface area contributed by atoms with Crippen molar-refractivity contribution in [2.75, 3.05) is 44.2 Å². The number of thiophene rings is 1. The summed E-state index contributed by atoms with van der Waals surface area (Å²) in [5.41, 5.74) is 1.26. The summed E-state index contributed by atoms with van der Waals surface area (Å²) in [4.78, 5) is 39.3. The number of benzene rings is 1. The third-order valence-electron chi connectivity index (χ3n) is 8.22. The molecule has 2 aliphatic heterocycles. The van der Waals surface area contributed by atoms with E-state index in [9.17, 15) is 18.8 Å². The molecule has 3 heterocycles. The predicted octanol–water partition coefficient (Wildman–Crippen LogP) is 4.84. The SMILES string of the molecule is CC1CC2(CCCC2)C(=O)N1CCCCN1CCN(c2csc3cc(F)ccc23)CC1.O=C(O)/C=C\C(=O)O. The average molecular weight is 560 g/mol. The number of hydrogen-bond donors (Lipinski definition) is 2. The van der Waals surface area contributed by atoms with Gasteiger partial charge in [-0.05, 0) is 63.8 Å². The summed E-state index contributed by atoms with van der Waals surface area (Å²) in [6.45, 7) is 8.47. The Bertz CT molecular complexity index is 1180. The van der Waals surface area contributed by atoms with Crippen LogP contribution in [-0.4, -0.2) is 83.2 Å². The van der Waals surface area contributed by atoms with Crippen LogP contribution in [0.3, 0.4) is 0 Å². The van der Waals surface area contributed by atoms with Crippen molar-refractivity contribution < 1.29 is 29.0 Å². The van der Waals surface area contributed by atoms with Crippen LogP contribution >= 0.6 is 11.3 Å². The van der Waals surface area contributed by atoms with Gasteiger partial charge in [-0.3, -0.25) is 9.69 Å². The van der Waals surface area contributed by atoms with Crippen LogP contribution in [0.2, 0.25) is 0 Å². The molecule has 0 bridgehead atoms. The zero-order valence-corrected chi connectivity index (χ0v) is 23.3. The molecule has 39 heavy (non-hydrogen) atoms. The molecule has 8 nitrogen and oxygen atoms in total. The van der Waals surface area contributed by atoms with Gasteiger partial charge < -0.3 is 20.0 Å². The van der Waals surface area contributed by atoms with Crippen LogP contribution in [0, 0.1) is 11.2 Å². The predicted molar refractivity (Wildman–Crippen MR) is 151 cm³/mol. The van der Waals surface area contributed by atoms with E-state index in [1.165, 1.54) is 23.9 Å². The number of carbonyl (C=O) groups excluding carboxylic acids is 1. The number of aliphatic carboxylic acids is 2. The molecule has 1 atom stereocenters. The second-order valence-corrected chi connectivity index (χ2v) is 11.8. The Hall–Kier alpha value is -2.98. The minimum Gasteiger partial charge on any atom is -0.478 e. The van der Waals surface area contributed by atoms with E-state index in [4.69, 9.17) is 10.2 Å². The molecular formula is C29H38FN3O5S. The Labute approximate surface area is 232 Å². The molecule has 5 rings (SSSR count). The van der Waals surface area contributed by atoms with Crippen molar-refractivity contribution in [1.29, 1.82) is 0 Å². The molecular weight excluding hydrogens is 521 g/mol. The Kier molecular flexibility index (Phi) is 9.61. The fraction of sp³-hybridized carbons (Fsp3) is 0.552. The molecule has 1 amide bonds. The highest BCUT2D eigenvalue weighted by molar-refractivity contribution is 7.17. The number of carboxylic acid groups (broad SMARTS) is 2. The number of fused-ring (bicyclic) bond motifs is 1. The van der Waals surface area contributed by atoms with Gasteiger partial charge in [-0.2, -0.15) is 0 Å². The third kappa shape index (κ3) is 7.16. The summed E-state index contributed by atoms with van der Waals surface area (Å²) in [6, 6.07) is 5.54. The van der Waals surface area contributed by atoms with Crippen LogP contribution in [0.1, 0.15) is 51.9 Å². The van der Waals surface area contributed by atoms with Gasteiger partial charge in [-0.15, -0.1) is 11.3 Å². The van der Waals surface area contributed by atoms with E-state index < -0.39 is 11.9 Å². The number of unbranched alkanes of at least 4 members (excludes halogenated alkanes) is 1. The third-order valence-corrected chi connectivity index (χ3v) is 9.15. The topological polar surface area (TPSA) is 101 Å². The van der Waals surface area contributed by atoms with Crippen LogP contribution in [0.4, 0.5) is 10.1 Å². The average Bonchev–Trinajstić information content (AvgIpc) is 3.60. The highest BCUT2D eigenvalue weighted by atomic mass is 32.1. The lowest BCUT2D eigenvalue weighted by Gasteiger charge is -2.36. The molecule has 1 aromatic heterocycles. The number of hydrogen-bond acceptors (Lipinski definition) is 6. The summed E-state index contributed by atoms with van der Waals surface area (Å²) in [5.74, 6) is -2.22. The van der Waals surface area contributed by atoms with Gasteiger partial charge in [-0.25, -0.2) is 14.0 Å². The molecule has 1 unspecified atom stereocenters. The maximum atomic E-state index is 13.5. The molecule has 1 spiro atoms. The van der Waals surface area contributed by atoms with Gasteiger partial charge in [0.15, 0.2) is 0 Å². The van der Waals surface area contributed by atoms with Gasteiger partial charge in [0.05, 0.1) is 11.1 Å². The summed E-state index contributed by atoms with van der Waals surface area (Å²) in [6.07, 6.45) is 9.16. The molecule has 1 saturated carbocycles. The Morgan fingerprint density at radius 1 is 1.05 bits per heavy atom. The van der Waals surface area contributed by atoms with E-state index in [0.717, 1.165) is 76.1 Å². The van der Waals surface area contributed by atoms with Crippen molar-refractivity contribution in [2.24, 2.45) is 5.41 Å². The summed E-state index contributed by atoms with van der Waals surface area (Å²) < 4.78 is 14.5. The van der Waals surface area contributed by atoms with Gasteiger partial charge in [0.1, 0.15) is 5.82 Å². The maximum Gasteiger partial charge on any atom is 0.328 e. The number of halogens is 1. The van der Waals surface area contributed by atoms with E-state index in [0.29, 0.717) is 24.1 Å². The molecule has 3 fully saturated rings. The fourth-order valence-corrected chi connectivity index (χ4v) is 7.26. The number of likely N-dealkylation sites (tertiary alicyclic amines) is 1. The number of nitrogens with zero attached hydrogens (tertiary/aromatic N) is 3. The van der Waals surface area contributed by atoms with Crippen molar-refractivity contribution in [2.45, 2.75) is 57.9 Å². The molecule has 212 valence electrons. The first-order valence-electron chi connectivity index (χ1n) is 13.8. The smallest absolute Gasteiger partial charge is 0.328 e. The fourth-order valence-electron chi connectivity index (χ4n) is 6.26. The van der Waals surface area contributed by atoms with Crippen molar-refractivity contribution >= 4 is 45.0 Å². The van der Waals surface area contributed by atoms with E-state index in [1.54, 1.807) is 23.5 Å². The molecule has 2 saturated heterocycles. The van der Waals surface area contributed by atoms with Crippen LogP contribution in [0.15, 0.2) is 35.7 Å². The Morgan fingerprint density at radius 2 is 1.69 bits per heavy atom. The first kappa shape index (κ1) is 29.0. The molecule has 0 radical (unpaired) electrons. The molecule has 2 N–H and O–H groups in total. The molecule has 10 heteroatoms. The lowest BCUT2D eigenvalue weighted by molar-refractivity contribution is -0.136. The Balaban J connectivity index is 0.000000386. The largest absolute Gasteiger partial charge is 0.478 e. The lowest BCUT2D eigenvalue weighted by atomic mass is 9.83. The zero-order chi connectivity index (χ0) is 28.0. The zero-order valence-electron chi connectivity index (χ0n) is 22.5. The first-order chi connectivity index (χ1) is 18.7. The summed E-state index contributed by atoms with van der Waals surface area (Å²) in [5, 5.41) is 19.0. The summed E-state index contributed by atoms with van der Waals surface area (Å²) >= 11 is 1.63. The van der Waals surface area contributed by atoms with Crippen molar-refractivity contribution in [3.63, 3.8) is 0 Å². The number of rotatable bonds is 8. The van der Waals surface area contributed by atoms with Gasteiger partial charge in [0.2, 0.25) is 5.91 Å². The van der Waals surface area contributed by atoms with E-state index >= 15 is 0 Å². The van der Waals surface area contributed by atoms with Crippen molar-refractivity contribution in [3.05, 3.63) is 41.5 Å². The second kappa shape index (κ2) is 12.9. The maximum absolute atomic E-state index is 13.5. The quantitative estimate of drug-likeness (QED) is 0.353. The van der Waals surface area contributed by atoms with Gasteiger partial charge in [-0.1, -0.05) is 12.8 Å². The van der Waals surface area contributed by atoms with E-state index in [2.05, 4.69) is 27.0 Å². The first-order valence-corrected chi connectivity index (χ1v) is 14.7. The number of carbonyl (C=O) groups is 3. The van der Waals surface area contributed by atoms with Gasteiger partial charge in [0, 0.05) is 66.4 Å². The van der Waals surface area contributed by atoms with E-state index in [1.807, 2.05) is 6.07 Å². The van der Waals surface area contributed by atoms with Crippen molar-refractivity contribution in [3.8, 4) is 0 Å². The van der Waals surface area contributed by atoms with Crippen molar-refractivity contribution in [1.82, 2.24) is 9.80 Å². The van der Waals surface area contributed by atoms with Crippen LogP contribution in [0.25, 0.3) is 10.1 Å². The highest BCUT2D eigenvalue weighted by Crippen LogP contribution is 2.48. The normalized spacial score (nSPS) is 21.2. The Morgan fingerprint density at radius 3 is 2.33 bits per heavy atom. The molecule has 2 aromatic rings. The van der Waals surface area contributed by atoms with Crippen LogP contribution < -0.4 is 4.90 Å². The number of piperazine rings is 1. The highest BCUT2D eigenvalue weighted by Gasteiger charge is 2.50. The minimum atomic E-state index is -1.26. The standard InChI is InChI=1S/C25H34FN3OS.C4H4O4/c1-19-17-25(8-2-3-9-25)24(30)29(19)11-5-4-10-27-12-14-28(15-13-27)22-18-31-23-16-20(26)6-7-21(22)23;5-3(6)1-2-4(7)8/h6-7,16,18-19H,2-5,8-15,17H2,1H3;1-2H,(H,5,6)(H,7,8)/b;2-1-.